The summed E-state index contributed by atoms with van der Waals surface area (Å²) in [6, 6.07) is 7.63. The molecule has 0 saturated heterocycles. The van der Waals surface area contributed by atoms with Gasteiger partial charge in [-0.15, -0.1) is 0 Å². The van der Waals surface area contributed by atoms with Crippen molar-refractivity contribution in [2.24, 2.45) is 0 Å². The minimum absolute atomic E-state index is 0.315. The van der Waals surface area contributed by atoms with E-state index in [4.69, 9.17) is 9.79 Å². The summed E-state index contributed by atoms with van der Waals surface area (Å²) >= 11 is 4.21. The van der Waals surface area contributed by atoms with Crippen molar-refractivity contribution >= 4 is 30.6 Å². The van der Waals surface area contributed by atoms with Gasteiger partial charge >= 0.3 is 7.82 Å². The number of halogens is 1. The lowest BCUT2D eigenvalue weighted by Gasteiger charge is -1.89. The summed E-state index contributed by atoms with van der Waals surface area (Å²) in [6.07, 6.45) is 1.59. The number of fused-ring (bicyclic) bond motifs is 1. The van der Waals surface area contributed by atoms with Gasteiger partial charge in [-0.25, -0.2) is 4.57 Å². The van der Waals surface area contributed by atoms with Crippen molar-refractivity contribution in [1.29, 1.82) is 0 Å². The van der Waals surface area contributed by atoms with Crippen molar-refractivity contribution in [3.63, 3.8) is 0 Å². The van der Waals surface area contributed by atoms with Gasteiger partial charge < -0.3 is 19.9 Å². The summed E-state index contributed by atoms with van der Waals surface area (Å²) < 4.78 is 12.4. The Morgan fingerprint density at radius 2 is 1.88 bits per heavy atom. The molecular weight excluding hydrogens is 257 g/mol. The molecule has 1 aromatic heterocycles. The SMILES string of the molecule is O=P(O)(O)OCl.Oc1c[nH]c2ccccc12. The molecule has 0 amide bonds. The maximum atomic E-state index is 9.34. The number of aromatic hydroxyl groups is 1. The van der Waals surface area contributed by atoms with Gasteiger partial charge in [-0.2, -0.15) is 4.08 Å². The molecule has 1 heterocycles. The van der Waals surface area contributed by atoms with Crippen molar-refractivity contribution in [3.8, 4) is 5.75 Å². The maximum Gasteiger partial charge on any atom is 0.486 e. The number of hydrogen-bond donors (Lipinski definition) is 4. The molecule has 0 atom stereocenters. The third-order valence-electron chi connectivity index (χ3n) is 1.66. The average molecular weight is 266 g/mol. The van der Waals surface area contributed by atoms with Crippen molar-refractivity contribution < 1.29 is 23.5 Å². The Labute approximate surface area is 95.8 Å². The summed E-state index contributed by atoms with van der Waals surface area (Å²) in [4.78, 5) is 18.1. The number of aromatic amines is 1. The van der Waals surface area contributed by atoms with E-state index in [1.54, 1.807) is 6.20 Å². The predicted octanol–water partition coefficient (Wildman–Crippen LogP) is 2.12. The number of phosphoric acid groups is 1. The molecule has 16 heavy (non-hydrogen) atoms. The zero-order valence-electron chi connectivity index (χ0n) is 7.87. The highest BCUT2D eigenvalue weighted by atomic mass is 35.5. The molecule has 0 unspecified atom stereocenters. The minimum Gasteiger partial charge on any atom is -0.506 e. The van der Waals surface area contributed by atoms with Crippen molar-refractivity contribution in [2.45, 2.75) is 0 Å². The van der Waals surface area contributed by atoms with Crippen LogP contribution in [0, 0.1) is 0 Å². The van der Waals surface area contributed by atoms with E-state index in [9.17, 15) is 9.67 Å². The van der Waals surface area contributed by atoms with E-state index in [0.29, 0.717) is 5.75 Å². The lowest BCUT2D eigenvalue weighted by atomic mass is 10.2. The molecule has 8 heteroatoms. The van der Waals surface area contributed by atoms with Gasteiger partial charge in [0.1, 0.15) is 5.75 Å². The normalized spacial score (nSPS) is 10.9. The second kappa shape index (κ2) is 5.34. The van der Waals surface area contributed by atoms with E-state index in [1.807, 2.05) is 24.3 Å². The maximum absolute atomic E-state index is 9.34. The van der Waals surface area contributed by atoms with E-state index in [0.717, 1.165) is 10.9 Å². The first-order chi connectivity index (χ1) is 7.44. The Kier molecular flexibility index (Phi) is 4.35. The van der Waals surface area contributed by atoms with E-state index < -0.39 is 7.82 Å². The largest absolute Gasteiger partial charge is 0.506 e. The molecule has 2 rings (SSSR count). The van der Waals surface area contributed by atoms with Gasteiger partial charge in [-0.3, -0.25) is 0 Å². The number of H-pyrrole nitrogens is 1. The monoisotopic (exact) mass is 265 g/mol. The molecule has 1 aromatic carbocycles. The van der Waals surface area contributed by atoms with Crippen LogP contribution in [-0.4, -0.2) is 19.9 Å². The number of hydrogen-bond acceptors (Lipinski definition) is 3. The molecule has 0 saturated carbocycles. The third kappa shape index (κ3) is 3.84. The molecular formula is C8H9ClNO5P. The van der Waals surface area contributed by atoms with Gasteiger partial charge in [-0.05, 0) is 12.1 Å². The molecule has 6 nitrogen and oxygen atoms in total. The van der Waals surface area contributed by atoms with E-state index in [1.165, 1.54) is 0 Å². The standard InChI is InChI=1S/C8H7NO.ClH2O4P/c10-8-5-9-7-4-2-1-3-6(7)8;1-5-6(2,3)4/h1-5,9-10H;(H2,2,3,4). The first-order valence-corrected chi connectivity index (χ1v) is 5.89. The molecule has 2 aromatic rings. The number of para-hydroxylation sites is 1. The molecule has 0 fully saturated rings. The van der Waals surface area contributed by atoms with Crippen LogP contribution in [0.25, 0.3) is 10.9 Å². The fourth-order valence-corrected chi connectivity index (χ4v) is 1.06. The zero-order valence-corrected chi connectivity index (χ0v) is 9.52. The highest BCUT2D eigenvalue weighted by Gasteiger charge is 2.10. The van der Waals surface area contributed by atoms with Gasteiger partial charge in [0.15, 0.2) is 0 Å². The fourth-order valence-electron chi connectivity index (χ4n) is 1.06. The van der Waals surface area contributed by atoms with Crippen molar-refractivity contribution in [1.82, 2.24) is 4.98 Å². The van der Waals surface area contributed by atoms with Crippen molar-refractivity contribution in [2.75, 3.05) is 0 Å². The molecule has 88 valence electrons. The minimum atomic E-state index is -4.38. The molecule has 0 aliphatic rings. The van der Waals surface area contributed by atoms with Gasteiger partial charge in [0.25, 0.3) is 0 Å². The fraction of sp³-hybridized carbons (Fsp3) is 0. The van der Waals surface area contributed by atoms with Crippen LogP contribution < -0.4 is 0 Å². The molecule has 0 radical (unpaired) electrons. The van der Waals surface area contributed by atoms with Crippen LogP contribution in [0.3, 0.4) is 0 Å². The van der Waals surface area contributed by atoms with E-state index in [-0.39, 0.29) is 0 Å². The summed E-state index contributed by atoms with van der Waals surface area (Å²) in [7, 11) is -4.38. The quantitative estimate of drug-likeness (QED) is 0.592. The summed E-state index contributed by atoms with van der Waals surface area (Å²) in [6.45, 7) is 0. The Morgan fingerprint density at radius 3 is 2.38 bits per heavy atom. The second-order valence-electron chi connectivity index (χ2n) is 2.78. The van der Waals surface area contributed by atoms with Crippen LogP contribution in [0.1, 0.15) is 0 Å². The number of rotatable bonds is 1. The van der Waals surface area contributed by atoms with E-state index >= 15 is 0 Å². The van der Waals surface area contributed by atoms with Crippen LogP contribution in [0.15, 0.2) is 30.5 Å². The molecule has 4 N–H and O–H groups in total. The Morgan fingerprint density at radius 1 is 1.31 bits per heavy atom. The number of benzene rings is 1. The smallest absolute Gasteiger partial charge is 0.486 e. The Hall–Kier alpha value is -1.04. The number of nitrogens with one attached hydrogen (secondary N) is 1. The van der Waals surface area contributed by atoms with Gasteiger partial charge in [0, 0.05) is 17.1 Å². The lowest BCUT2D eigenvalue weighted by Crippen LogP contribution is -1.70. The Bertz CT molecular complexity index is 508. The first-order valence-electron chi connectivity index (χ1n) is 4.05. The zero-order chi connectivity index (χ0) is 12.2. The first kappa shape index (κ1) is 13.0. The molecule has 0 bridgehead atoms. The Balaban J connectivity index is 0.000000187. The van der Waals surface area contributed by atoms with E-state index in [2.05, 4.69) is 20.9 Å². The summed E-state index contributed by atoms with van der Waals surface area (Å²) in [5.74, 6) is 0.315. The van der Waals surface area contributed by atoms with Gasteiger partial charge in [0.2, 0.25) is 0 Å². The average Bonchev–Trinajstić information content (AvgIpc) is 2.61. The van der Waals surface area contributed by atoms with Crippen LogP contribution in [0.2, 0.25) is 0 Å². The van der Waals surface area contributed by atoms with Crippen LogP contribution in [0.4, 0.5) is 0 Å². The van der Waals surface area contributed by atoms with Crippen LogP contribution in [0.5, 0.6) is 5.75 Å². The second-order valence-corrected chi connectivity index (χ2v) is 4.31. The van der Waals surface area contributed by atoms with Crippen LogP contribution >= 0.6 is 19.7 Å². The topological polar surface area (TPSA) is 103 Å². The molecule has 0 spiro atoms. The molecule has 0 aliphatic carbocycles. The summed E-state index contributed by atoms with van der Waals surface area (Å²) in [5.41, 5.74) is 0.972. The number of aromatic nitrogens is 1. The highest BCUT2D eigenvalue weighted by Crippen LogP contribution is 2.36. The summed E-state index contributed by atoms with van der Waals surface area (Å²) in [5, 5.41) is 10.1. The predicted molar refractivity (Wildman–Crippen MR) is 58.9 cm³/mol. The van der Waals surface area contributed by atoms with Crippen molar-refractivity contribution in [3.05, 3.63) is 30.5 Å². The van der Waals surface area contributed by atoms with Gasteiger partial charge in [-0.1, -0.05) is 12.1 Å². The molecule has 0 aliphatic heterocycles. The lowest BCUT2D eigenvalue weighted by molar-refractivity contribution is 0.292. The van der Waals surface area contributed by atoms with Gasteiger partial charge in [0.05, 0.1) is 11.9 Å². The van der Waals surface area contributed by atoms with Crippen LogP contribution in [-0.2, 0) is 8.64 Å². The third-order valence-corrected chi connectivity index (χ3v) is 2.38. The highest BCUT2D eigenvalue weighted by molar-refractivity contribution is 7.47.